The molecule has 1 nitrogen and oxygen atoms in total. The van der Waals surface area contributed by atoms with Crippen LogP contribution in [0.3, 0.4) is 0 Å². The Balaban J connectivity index is 2.71. The summed E-state index contributed by atoms with van der Waals surface area (Å²) in [7, 11) is -1.65. The number of hydrogen-bond donors (Lipinski definition) is 0. The zero-order chi connectivity index (χ0) is 18.4. The first kappa shape index (κ1) is 21.2. The predicted octanol–water partition coefficient (Wildman–Crippen LogP) is 6.92. The molecule has 0 aromatic carbocycles. The van der Waals surface area contributed by atoms with Crippen LogP contribution in [0.1, 0.15) is 48.0 Å². The van der Waals surface area contributed by atoms with Crippen molar-refractivity contribution in [2.24, 2.45) is 17.3 Å². The van der Waals surface area contributed by atoms with E-state index in [-0.39, 0.29) is 10.5 Å². The number of allylic oxidation sites excluding steroid dienone is 7. The maximum Gasteiger partial charge on any atom is 0.192 e. The van der Waals surface area contributed by atoms with Crippen molar-refractivity contribution in [2.45, 2.75) is 66.1 Å². The maximum absolute atomic E-state index is 6.37. The van der Waals surface area contributed by atoms with Gasteiger partial charge in [-0.05, 0) is 35.9 Å². The van der Waals surface area contributed by atoms with Gasteiger partial charge in [0.15, 0.2) is 8.32 Å². The summed E-state index contributed by atoms with van der Waals surface area (Å²) in [6.45, 7) is 19.3. The van der Waals surface area contributed by atoms with Crippen LogP contribution in [0.4, 0.5) is 0 Å². The first-order chi connectivity index (χ1) is 11.0. The summed E-state index contributed by atoms with van der Waals surface area (Å²) in [6, 6.07) is 0. The highest BCUT2D eigenvalue weighted by atomic mass is 28.4. The maximum atomic E-state index is 6.37. The molecule has 24 heavy (non-hydrogen) atoms. The van der Waals surface area contributed by atoms with Crippen LogP contribution >= 0.6 is 0 Å². The summed E-state index contributed by atoms with van der Waals surface area (Å²) >= 11 is 0. The molecule has 0 saturated heterocycles. The number of hydrogen-bond acceptors (Lipinski definition) is 1. The molecule has 0 aliphatic heterocycles. The van der Waals surface area contributed by atoms with Gasteiger partial charge in [-0.1, -0.05) is 90.2 Å². The summed E-state index contributed by atoms with van der Waals surface area (Å²) < 4.78 is 6.37. The molecule has 0 amide bonds. The summed E-state index contributed by atoms with van der Waals surface area (Å²) in [5.41, 5.74) is 0.157. The molecule has 1 aliphatic rings. The van der Waals surface area contributed by atoms with Gasteiger partial charge in [-0.2, -0.15) is 0 Å². The van der Waals surface area contributed by atoms with Gasteiger partial charge in [0.1, 0.15) is 0 Å². The smallest absolute Gasteiger partial charge is 0.192 e. The van der Waals surface area contributed by atoms with Crippen molar-refractivity contribution in [3.63, 3.8) is 0 Å². The molecule has 0 bridgehead atoms. The lowest BCUT2D eigenvalue weighted by Crippen LogP contribution is -2.41. The molecule has 1 aliphatic carbocycles. The van der Waals surface area contributed by atoms with Gasteiger partial charge < -0.3 is 4.43 Å². The first-order valence-corrected chi connectivity index (χ1v) is 12.3. The average Bonchev–Trinajstić information content (AvgIpc) is 2.79. The predicted molar refractivity (Wildman–Crippen MR) is 111 cm³/mol. The molecule has 0 fully saturated rings. The Kier molecular flexibility index (Phi) is 7.49. The third kappa shape index (κ3) is 5.89. The van der Waals surface area contributed by atoms with Crippen LogP contribution < -0.4 is 0 Å². The standard InChI is InChI=1S/C22H38OSi/c1-9-22(6,20-14-12-10-11-13-15-20)17-16-19(2)18-23-24(7,8)21(3,4)5/h10-17,19-20H,9,18H2,1-8H3/b17-16+/t19-,22-/m0/s1. The van der Waals surface area contributed by atoms with E-state index >= 15 is 0 Å². The van der Waals surface area contributed by atoms with E-state index in [0.717, 1.165) is 13.0 Å². The molecule has 0 heterocycles. The van der Waals surface area contributed by atoms with Crippen LogP contribution in [0.5, 0.6) is 0 Å². The second-order valence-electron chi connectivity index (χ2n) is 8.95. The Morgan fingerprint density at radius 2 is 1.58 bits per heavy atom. The normalized spacial score (nSPS) is 20.3. The lowest BCUT2D eigenvalue weighted by Gasteiger charge is -2.37. The molecular formula is C22H38OSi. The third-order valence-electron chi connectivity index (χ3n) is 5.81. The Bertz CT molecular complexity index is 489. The van der Waals surface area contributed by atoms with E-state index in [1.165, 1.54) is 0 Å². The van der Waals surface area contributed by atoms with Gasteiger partial charge in [-0.25, -0.2) is 0 Å². The molecule has 0 spiro atoms. The van der Waals surface area contributed by atoms with Gasteiger partial charge >= 0.3 is 0 Å². The third-order valence-corrected chi connectivity index (χ3v) is 10.3. The molecule has 0 aromatic heterocycles. The summed E-state index contributed by atoms with van der Waals surface area (Å²) in [5, 5.41) is 0.275. The summed E-state index contributed by atoms with van der Waals surface area (Å²) in [4.78, 5) is 0. The van der Waals surface area contributed by atoms with Crippen molar-refractivity contribution in [1.82, 2.24) is 0 Å². The molecule has 2 atom stereocenters. The molecule has 2 heteroatoms. The Hall–Kier alpha value is -0.863. The van der Waals surface area contributed by atoms with Crippen molar-refractivity contribution in [2.75, 3.05) is 6.61 Å². The van der Waals surface area contributed by atoms with Crippen LogP contribution in [0, 0.1) is 17.3 Å². The van der Waals surface area contributed by atoms with Gasteiger partial charge in [-0.3, -0.25) is 0 Å². The van der Waals surface area contributed by atoms with Gasteiger partial charge in [-0.15, -0.1) is 0 Å². The van der Waals surface area contributed by atoms with Crippen molar-refractivity contribution in [3.05, 3.63) is 48.6 Å². The highest BCUT2D eigenvalue weighted by Crippen LogP contribution is 2.38. The zero-order valence-corrected chi connectivity index (χ0v) is 18.1. The van der Waals surface area contributed by atoms with E-state index in [9.17, 15) is 0 Å². The minimum atomic E-state index is -1.65. The second-order valence-corrected chi connectivity index (χ2v) is 13.8. The fourth-order valence-corrected chi connectivity index (χ4v) is 3.57. The molecule has 0 saturated carbocycles. The highest BCUT2D eigenvalue weighted by molar-refractivity contribution is 6.74. The van der Waals surface area contributed by atoms with Crippen LogP contribution in [0.25, 0.3) is 0 Å². The fourth-order valence-electron chi connectivity index (χ4n) is 2.46. The molecule has 0 aromatic rings. The van der Waals surface area contributed by atoms with E-state index in [1.54, 1.807) is 0 Å². The molecule has 0 unspecified atom stereocenters. The van der Waals surface area contributed by atoms with Gasteiger partial charge in [0.2, 0.25) is 0 Å². The molecule has 136 valence electrons. The zero-order valence-electron chi connectivity index (χ0n) is 17.1. The van der Waals surface area contributed by atoms with Gasteiger partial charge in [0.25, 0.3) is 0 Å². The van der Waals surface area contributed by atoms with Crippen molar-refractivity contribution in [1.29, 1.82) is 0 Å². The number of rotatable bonds is 7. The van der Waals surface area contributed by atoms with Crippen molar-refractivity contribution < 1.29 is 4.43 Å². The Morgan fingerprint density at radius 3 is 2.04 bits per heavy atom. The largest absolute Gasteiger partial charge is 0.416 e. The second kappa shape index (κ2) is 8.49. The van der Waals surface area contributed by atoms with Crippen LogP contribution in [-0.2, 0) is 4.43 Å². The van der Waals surface area contributed by atoms with Crippen LogP contribution in [0.2, 0.25) is 18.1 Å². The highest BCUT2D eigenvalue weighted by Gasteiger charge is 2.37. The minimum absolute atomic E-state index is 0.157. The van der Waals surface area contributed by atoms with Gasteiger partial charge in [0, 0.05) is 12.5 Å². The van der Waals surface area contributed by atoms with Crippen molar-refractivity contribution in [3.8, 4) is 0 Å². The van der Waals surface area contributed by atoms with E-state index in [0.29, 0.717) is 11.8 Å². The first-order valence-electron chi connectivity index (χ1n) is 9.37. The van der Waals surface area contributed by atoms with Crippen LogP contribution in [0.15, 0.2) is 48.6 Å². The Morgan fingerprint density at radius 1 is 1.04 bits per heavy atom. The van der Waals surface area contributed by atoms with E-state index in [4.69, 9.17) is 4.43 Å². The van der Waals surface area contributed by atoms with Crippen molar-refractivity contribution >= 4 is 8.32 Å². The molecule has 1 rings (SSSR count). The SMILES string of the molecule is CC[C@@](C)(/C=C/[C@H](C)CO[Si](C)(C)C(C)(C)C)C1C=CC=CC=C1. The molecule has 0 N–H and O–H groups in total. The monoisotopic (exact) mass is 346 g/mol. The summed E-state index contributed by atoms with van der Waals surface area (Å²) in [6.07, 6.45) is 19.0. The van der Waals surface area contributed by atoms with Gasteiger partial charge in [0.05, 0.1) is 0 Å². The summed E-state index contributed by atoms with van der Waals surface area (Å²) in [5.74, 6) is 0.893. The van der Waals surface area contributed by atoms with E-state index in [2.05, 4.69) is 103 Å². The lowest BCUT2D eigenvalue weighted by molar-refractivity contribution is 0.257. The fraction of sp³-hybridized carbons (Fsp3) is 0.636. The van der Waals surface area contributed by atoms with E-state index in [1.807, 2.05) is 0 Å². The Labute approximate surface area is 151 Å². The average molecular weight is 347 g/mol. The van der Waals surface area contributed by atoms with Crippen LogP contribution in [-0.4, -0.2) is 14.9 Å². The van der Waals surface area contributed by atoms with E-state index < -0.39 is 8.32 Å². The lowest BCUT2D eigenvalue weighted by atomic mass is 9.74. The topological polar surface area (TPSA) is 9.23 Å². The minimum Gasteiger partial charge on any atom is -0.416 e. The quantitative estimate of drug-likeness (QED) is 0.359. The molecule has 0 radical (unpaired) electrons. The molecular weight excluding hydrogens is 308 g/mol.